The molecule has 2 bridgehead atoms. The molecule has 0 spiro atoms. The molecule has 2 heterocycles. The Bertz CT molecular complexity index is 1060. The van der Waals surface area contributed by atoms with Gasteiger partial charge in [-0.15, -0.1) is 0 Å². The molecule has 1 saturated carbocycles. The summed E-state index contributed by atoms with van der Waals surface area (Å²) < 4.78 is 42.7. The van der Waals surface area contributed by atoms with Crippen LogP contribution in [0.4, 0.5) is 18.9 Å². The number of hydrogen-bond donors (Lipinski definition) is 2. The van der Waals surface area contributed by atoms with Gasteiger partial charge in [-0.3, -0.25) is 9.69 Å². The Morgan fingerprint density at radius 2 is 1.71 bits per heavy atom. The summed E-state index contributed by atoms with van der Waals surface area (Å²) in [6.45, 7) is 2.85. The van der Waals surface area contributed by atoms with E-state index in [1.54, 1.807) is 18.2 Å². The molecule has 2 atom stereocenters. The molecule has 35 heavy (non-hydrogen) atoms. The minimum atomic E-state index is -4.44. The Hall–Kier alpha value is -2.28. The van der Waals surface area contributed by atoms with Crippen LogP contribution in [0.15, 0.2) is 30.3 Å². The van der Waals surface area contributed by atoms with Crippen LogP contribution in [0.25, 0.3) is 10.8 Å². The van der Waals surface area contributed by atoms with Crippen molar-refractivity contribution in [1.82, 2.24) is 4.90 Å². The maximum atomic E-state index is 14.2. The summed E-state index contributed by atoms with van der Waals surface area (Å²) in [5.41, 5.74) is 0.597. The van der Waals surface area contributed by atoms with E-state index < -0.39 is 17.7 Å². The number of anilines is 1. The van der Waals surface area contributed by atoms with Crippen LogP contribution in [-0.4, -0.2) is 34.1 Å². The van der Waals surface area contributed by atoms with Gasteiger partial charge in [-0.25, -0.2) is 0 Å². The second-order valence-electron chi connectivity index (χ2n) is 11.1. The van der Waals surface area contributed by atoms with Crippen LogP contribution < -0.4 is 5.32 Å². The lowest BCUT2D eigenvalue weighted by atomic mass is 9.78. The largest absolute Gasteiger partial charge is 0.481 e. The van der Waals surface area contributed by atoms with Crippen LogP contribution >= 0.6 is 0 Å². The molecular weight excluding hydrogens is 453 g/mol. The number of fused-ring (bicyclic) bond motifs is 3. The predicted octanol–water partition coefficient (Wildman–Crippen LogP) is 7.07. The molecule has 2 unspecified atom stereocenters. The van der Waals surface area contributed by atoms with E-state index >= 15 is 0 Å². The zero-order chi connectivity index (χ0) is 24.7. The predicted molar refractivity (Wildman–Crippen MR) is 131 cm³/mol. The molecule has 190 valence electrons. The number of alkyl halides is 3. The Morgan fingerprint density at radius 3 is 2.34 bits per heavy atom. The molecule has 3 fully saturated rings. The van der Waals surface area contributed by atoms with Gasteiger partial charge < -0.3 is 10.4 Å². The quantitative estimate of drug-likeness (QED) is 0.473. The minimum Gasteiger partial charge on any atom is -0.481 e. The summed E-state index contributed by atoms with van der Waals surface area (Å²) in [5, 5.41) is 13.6. The average Bonchev–Trinajstić information content (AvgIpc) is 2.79. The lowest BCUT2D eigenvalue weighted by Crippen LogP contribution is -2.52. The summed E-state index contributed by atoms with van der Waals surface area (Å²) in [6.07, 6.45) is 3.85. The summed E-state index contributed by atoms with van der Waals surface area (Å²) >= 11 is 0. The molecule has 2 aromatic rings. The minimum absolute atomic E-state index is 0.0807. The fraction of sp³-hybridized carbons (Fsp3) is 0.607. The van der Waals surface area contributed by atoms with E-state index in [0.717, 1.165) is 50.5 Å². The number of rotatable bonds is 5. The zero-order valence-electron chi connectivity index (χ0n) is 20.3. The number of piperidine rings is 2. The molecule has 2 N–H and O–H groups in total. The molecule has 5 rings (SSSR count). The highest BCUT2D eigenvalue weighted by molar-refractivity contribution is 5.91. The summed E-state index contributed by atoms with van der Waals surface area (Å²) in [4.78, 5) is 14.0. The van der Waals surface area contributed by atoms with Crippen molar-refractivity contribution in [2.75, 3.05) is 5.32 Å². The van der Waals surface area contributed by atoms with E-state index in [9.17, 15) is 23.1 Å². The number of nitrogens with zero attached hydrogens (tertiary/aromatic N) is 1. The second-order valence-corrected chi connectivity index (χ2v) is 11.1. The van der Waals surface area contributed by atoms with E-state index in [4.69, 9.17) is 0 Å². The van der Waals surface area contributed by atoms with Crippen LogP contribution in [0.5, 0.6) is 0 Å². The first kappa shape index (κ1) is 24.4. The third kappa shape index (κ3) is 5.16. The number of carbonyl (C=O) groups is 1. The maximum Gasteiger partial charge on any atom is 0.418 e. The van der Waals surface area contributed by atoms with Crippen LogP contribution in [0.1, 0.15) is 75.8 Å². The summed E-state index contributed by atoms with van der Waals surface area (Å²) in [7, 11) is 0. The number of nitrogens with one attached hydrogen (secondary N) is 1. The van der Waals surface area contributed by atoms with E-state index in [1.165, 1.54) is 0 Å². The molecule has 2 saturated heterocycles. The highest BCUT2D eigenvalue weighted by atomic mass is 19.4. The molecule has 2 aromatic carbocycles. The zero-order valence-corrected chi connectivity index (χ0v) is 20.3. The fourth-order valence-corrected chi connectivity index (χ4v) is 6.68. The maximum absolute atomic E-state index is 14.2. The Morgan fingerprint density at radius 1 is 1.03 bits per heavy atom. The SMILES string of the molecule is CC1CCC(Nc2ccc3cc(CN4C5CCCC4CC(C(=O)O)C5)ccc3c2C(F)(F)F)CC1. The molecule has 0 aromatic heterocycles. The van der Waals surface area contributed by atoms with E-state index in [0.29, 0.717) is 30.7 Å². The van der Waals surface area contributed by atoms with Gasteiger partial charge >= 0.3 is 12.1 Å². The van der Waals surface area contributed by atoms with Crippen molar-refractivity contribution in [1.29, 1.82) is 0 Å². The average molecular weight is 489 g/mol. The second kappa shape index (κ2) is 9.64. The molecular formula is C28H35F3N2O2. The fourth-order valence-electron chi connectivity index (χ4n) is 6.68. The van der Waals surface area contributed by atoms with Crippen LogP contribution in [0.2, 0.25) is 0 Å². The smallest absolute Gasteiger partial charge is 0.418 e. The molecule has 1 aliphatic carbocycles. The number of aliphatic carboxylic acids is 1. The monoisotopic (exact) mass is 488 g/mol. The van der Waals surface area contributed by atoms with Crippen molar-refractivity contribution < 1.29 is 23.1 Å². The Labute approximate surface area is 204 Å². The van der Waals surface area contributed by atoms with Crippen molar-refractivity contribution in [3.05, 3.63) is 41.5 Å². The number of benzene rings is 2. The Kier molecular flexibility index (Phi) is 6.73. The van der Waals surface area contributed by atoms with Crippen LogP contribution in [-0.2, 0) is 17.5 Å². The van der Waals surface area contributed by atoms with Gasteiger partial charge in [-0.1, -0.05) is 31.5 Å². The van der Waals surface area contributed by atoms with Gasteiger partial charge in [0.1, 0.15) is 0 Å². The number of hydrogen-bond acceptors (Lipinski definition) is 3. The number of carboxylic acid groups (broad SMARTS) is 1. The summed E-state index contributed by atoms with van der Waals surface area (Å²) in [6, 6.07) is 9.28. The van der Waals surface area contributed by atoms with Crippen LogP contribution in [0.3, 0.4) is 0 Å². The highest BCUT2D eigenvalue weighted by Crippen LogP contribution is 2.42. The summed E-state index contributed by atoms with van der Waals surface area (Å²) in [5.74, 6) is -0.357. The molecule has 3 aliphatic rings. The molecule has 2 aliphatic heterocycles. The highest BCUT2D eigenvalue weighted by Gasteiger charge is 2.41. The van der Waals surface area contributed by atoms with Crippen molar-refractivity contribution in [3.8, 4) is 0 Å². The third-order valence-electron chi connectivity index (χ3n) is 8.58. The van der Waals surface area contributed by atoms with Gasteiger partial charge in [0.05, 0.1) is 11.5 Å². The topological polar surface area (TPSA) is 52.6 Å². The molecule has 0 amide bonds. The molecule has 7 heteroatoms. The van der Waals surface area contributed by atoms with Gasteiger partial charge in [0.25, 0.3) is 0 Å². The first-order valence-corrected chi connectivity index (χ1v) is 13.1. The number of halogens is 3. The lowest BCUT2D eigenvalue weighted by molar-refractivity contribution is -0.146. The van der Waals surface area contributed by atoms with E-state index in [2.05, 4.69) is 17.1 Å². The first-order chi connectivity index (χ1) is 16.7. The van der Waals surface area contributed by atoms with Crippen molar-refractivity contribution in [2.24, 2.45) is 11.8 Å². The van der Waals surface area contributed by atoms with Gasteiger partial charge in [-0.2, -0.15) is 13.2 Å². The van der Waals surface area contributed by atoms with Gasteiger partial charge in [0, 0.05) is 30.4 Å². The molecule has 0 radical (unpaired) electrons. The van der Waals surface area contributed by atoms with Gasteiger partial charge in [-0.05, 0) is 85.8 Å². The van der Waals surface area contributed by atoms with Crippen LogP contribution in [0, 0.1) is 11.8 Å². The van der Waals surface area contributed by atoms with Gasteiger partial charge in [0.2, 0.25) is 0 Å². The standard InChI is InChI=1S/C28H35F3N2O2/c1-17-5-9-21(10-6-17)32-25-12-8-19-13-18(7-11-24(19)26(25)28(29,30)31)16-33-22-3-2-4-23(33)15-20(14-22)27(34)35/h7-8,11-13,17,20-23,32H,2-6,9-10,14-16H2,1H3,(H,34,35). The van der Waals surface area contributed by atoms with Gasteiger partial charge in [0.15, 0.2) is 0 Å². The van der Waals surface area contributed by atoms with Crippen molar-refractivity contribution in [3.63, 3.8) is 0 Å². The third-order valence-corrected chi connectivity index (χ3v) is 8.58. The first-order valence-electron chi connectivity index (χ1n) is 13.1. The Balaban J connectivity index is 1.40. The van der Waals surface area contributed by atoms with Crippen molar-refractivity contribution >= 4 is 22.4 Å². The van der Waals surface area contributed by atoms with Crippen molar-refractivity contribution in [2.45, 2.75) is 95.6 Å². The van der Waals surface area contributed by atoms with E-state index in [1.807, 2.05) is 12.1 Å². The van der Waals surface area contributed by atoms with E-state index in [-0.39, 0.29) is 35.1 Å². The lowest BCUT2D eigenvalue weighted by Gasteiger charge is -2.48. The number of carboxylic acids is 1. The molecule has 4 nitrogen and oxygen atoms in total. The normalized spacial score (nSPS) is 29.8.